The van der Waals surface area contributed by atoms with E-state index in [0.29, 0.717) is 55.4 Å². The van der Waals surface area contributed by atoms with Crippen LogP contribution in [0.5, 0.6) is 0 Å². The molecule has 2 aliphatic carbocycles. The lowest BCUT2D eigenvalue weighted by Crippen LogP contribution is -2.59. The maximum Gasteiger partial charge on any atom is 0.273 e. The van der Waals surface area contributed by atoms with E-state index >= 15 is 0 Å². The predicted octanol–water partition coefficient (Wildman–Crippen LogP) is 3.86. The van der Waals surface area contributed by atoms with Crippen LogP contribution in [0, 0.1) is 12.8 Å². The fourth-order valence-corrected chi connectivity index (χ4v) is 7.72. The van der Waals surface area contributed by atoms with Crippen LogP contribution in [0.3, 0.4) is 0 Å². The molecule has 284 valence electrons. The average Bonchev–Trinajstić information content (AvgIpc) is 3.74. The molecule has 7 rings (SSSR count). The van der Waals surface area contributed by atoms with Crippen molar-refractivity contribution in [1.82, 2.24) is 36.1 Å². The third kappa shape index (κ3) is 9.02. The molecule has 3 aliphatic rings. The normalized spacial score (nSPS) is 21.2. The number of amides is 4. The standard InChI is InChI=1S/C39H47N9O6/c1-23-19-30(46-53-23)38(51)42-28-10-11-29(43-35(49)12-15-40)32(21-28)48-17-13-25(14-18-48)36(45-39(52)31-22-33(54-47-31)24-8-9-24)26-5-4-6-27(20-26)37(50)44-34-7-2-3-16-41-34/h2-7,16,19-20,22,24-25,28-29,32,36H,8-15,17-18,21,40H2,1H3,(H,42,51)(H,43,49)(H,45,52)(H,41,44,50)/t28-,29-,32?,36?/m1/s1. The third-order valence-corrected chi connectivity index (χ3v) is 10.7. The van der Waals surface area contributed by atoms with Crippen LogP contribution in [0.15, 0.2) is 69.8 Å². The highest BCUT2D eigenvalue weighted by molar-refractivity contribution is 6.04. The van der Waals surface area contributed by atoms with Gasteiger partial charge < -0.3 is 36.0 Å². The van der Waals surface area contributed by atoms with Crippen molar-refractivity contribution in [1.29, 1.82) is 0 Å². The summed E-state index contributed by atoms with van der Waals surface area (Å²) in [5.41, 5.74) is 7.41. The summed E-state index contributed by atoms with van der Waals surface area (Å²) in [5, 5.41) is 20.4. The summed E-state index contributed by atoms with van der Waals surface area (Å²) < 4.78 is 10.6. The van der Waals surface area contributed by atoms with Crippen molar-refractivity contribution in [3.63, 3.8) is 0 Å². The first kappa shape index (κ1) is 36.9. The van der Waals surface area contributed by atoms with Crippen molar-refractivity contribution in [2.45, 2.75) is 88.4 Å². The van der Waals surface area contributed by atoms with E-state index in [1.54, 1.807) is 49.5 Å². The molecule has 4 atom stereocenters. The van der Waals surface area contributed by atoms with Crippen LogP contribution < -0.4 is 27.0 Å². The van der Waals surface area contributed by atoms with E-state index in [1.807, 2.05) is 18.2 Å². The minimum atomic E-state index is -0.423. The van der Waals surface area contributed by atoms with E-state index in [2.05, 4.69) is 41.5 Å². The molecule has 3 aromatic heterocycles. The summed E-state index contributed by atoms with van der Waals surface area (Å²) in [4.78, 5) is 59.3. The van der Waals surface area contributed by atoms with Crippen LogP contribution in [0.4, 0.5) is 5.82 Å². The maximum atomic E-state index is 13.7. The SMILES string of the molecule is Cc1cc(C(=O)N[C@@H]2CC[C@@H](NC(=O)CCN)C(N3CCC(C(NC(=O)c4cc(C5CC5)on4)c4cccc(C(=O)Nc5ccccn5)c4)CC3)C2)no1. The van der Waals surface area contributed by atoms with E-state index in [4.69, 9.17) is 14.8 Å². The largest absolute Gasteiger partial charge is 0.361 e. The number of aryl methyl sites for hydroxylation is 1. The van der Waals surface area contributed by atoms with Crippen LogP contribution in [0.25, 0.3) is 0 Å². The van der Waals surface area contributed by atoms with E-state index in [9.17, 15) is 19.2 Å². The molecule has 0 bridgehead atoms. The average molecular weight is 738 g/mol. The molecule has 15 heteroatoms. The maximum absolute atomic E-state index is 13.7. The molecule has 0 radical (unpaired) electrons. The molecule has 54 heavy (non-hydrogen) atoms. The first-order chi connectivity index (χ1) is 26.2. The highest BCUT2D eigenvalue weighted by Crippen LogP contribution is 2.40. The van der Waals surface area contributed by atoms with Gasteiger partial charge in [0.15, 0.2) is 11.4 Å². The molecule has 15 nitrogen and oxygen atoms in total. The van der Waals surface area contributed by atoms with E-state index in [1.165, 1.54) is 0 Å². The lowest BCUT2D eigenvalue weighted by Gasteiger charge is -2.46. The lowest BCUT2D eigenvalue weighted by molar-refractivity contribution is -0.122. The number of carbonyl (C=O) groups excluding carboxylic acids is 4. The van der Waals surface area contributed by atoms with Crippen LogP contribution in [-0.2, 0) is 4.79 Å². The van der Waals surface area contributed by atoms with Crippen molar-refractivity contribution in [2.75, 3.05) is 25.0 Å². The van der Waals surface area contributed by atoms with Gasteiger partial charge in [-0.25, -0.2) is 4.98 Å². The number of piperidine rings is 1. The van der Waals surface area contributed by atoms with Crippen LogP contribution in [-0.4, -0.2) is 81.6 Å². The number of rotatable bonds is 13. The first-order valence-electron chi connectivity index (χ1n) is 18.8. The Hall–Kier alpha value is -5.41. The van der Waals surface area contributed by atoms with Gasteiger partial charge in [0.05, 0.1) is 6.04 Å². The number of hydrogen-bond donors (Lipinski definition) is 5. The summed E-state index contributed by atoms with van der Waals surface area (Å²) in [6, 6.07) is 15.3. The number of nitrogens with one attached hydrogen (secondary N) is 4. The quantitative estimate of drug-likeness (QED) is 0.133. The van der Waals surface area contributed by atoms with Crippen LogP contribution in [0.1, 0.15) is 112 Å². The number of pyridine rings is 1. The van der Waals surface area contributed by atoms with Gasteiger partial charge in [0.1, 0.15) is 17.3 Å². The minimum absolute atomic E-state index is 0.0221. The topological polar surface area (TPSA) is 211 Å². The second-order valence-electron chi connectivity index (χ2n) is 14.6. The number of likely N-dealkylation sites (tertiary alicyclic amines) is 1. The van der Waals surface area contributed by atoms with Gasteiger partial charge in [-0.3, -0.25) is 24.1 Å². The molecule has 4 heterocycles. The zero-order valence-electron chi connectivity index (χ0n) is 30.3. The molecule has 6 N–H and O–H groups in total. The number of carbonyl (C=O) groups is 4. The zero-order chi connectivity index (χ0) is 37.6. The Balaban J connectivity index is 1.08. The van der Waals surface area contributed by atoms with Crippen molar-refractivity contribution in [2.24, 2.45) is 11.7 Å². The Morgan fingerprint density at radius 2 is 1.67 bits per heavy atom. The number of hydrogen-bond acceptors (Lipinski definition) is 11. The zero-order valence-corrected chi connectivity index (χ0v) is 30.3. The molecule has 1 saturated heterocycles. The molecule has 1 aromatic carbocycles. The predicted molar refractivity (Wildman–Crippen MR) is 197 cm³/mol. The molecular formula is C39H47N9O6. The number of nitrogens with two attached hydrogens (primary N) is 1. The highest BCUT2D eigenvalue weighted by atomic mass is 16.5. The Bertz CT molecular complexity index is 1930. The van der Waals surface area contributed by atoms with Crippen molar-refractivity contribution < 1.29 is 28.2 Å². The van der Waals surface area contributed by atoms with Crippen molar-refractivity contribution >= 4 is 29.4 Å². The lowest BCUT2D eigenvalue weighted by atomic mass is 9.81. The van der Waals surface area contributed by atoms with Gasteiger partial charge in [-0.1, -0.05) is 28.5 Å². The number of nitrogens with zero attached hydrogens (tertiary/aromatic N) is 4. The molecular weight excluding hydrogens is 690 g/mol. The second-order valence-corrected chi connectivity index (χ2v) is 14.6. The Morgan fingerprint density at radius 3 is 2.39 bits per heavy atom. The van der Waals surface area contributed by atoms with Crippen molar-refractivity contribution in [3.8, 4) is 0 Å². The van der Waals surface area contributed by atoms with Crippen LogP contribution >= 0.6 is 0 Å². The molecule has 2 unspecified atom stereocenters. The van der Waals surface area contributed by atoms with Gasteiger partial charge in [0.2, 0.25) is 5.91 Å². The van der Waals surface area contributed by atoms with E-state index in [-0.39, 0.29) is 72.0 Å². The summed E-state index contributed by atoms with van der Waals surface area (Å²) in [5.74, 6) is 1.05. The third-order valence-electron chi connectivity index (χ3n) is 10.7. The highest BCUT2D eigenvalue weighted by Gasteiger charge is 2.39. The summed E-state index contributed by atoms with van der Waals surface area (Å²) in [6.45, 7) is 3.40. The molecule has 1 aliphatic heterocycles. The molecule has 4 amide bonds. The van der Waals surface area contributed by atoms with Gasteiger partial charge in [-0.2, -0.15) is 0 Å². The fraction of sp³-hybridized carbons (Fsp3) is 0.462. The van der Waals surface area contributed by atoms with Crippen molar-refractivity contribution in [3.05, 3.63) is 94.8 Å². The fourth-order valence-electron chi connectivity index (χ4n) is 7.72. The smallest absolute Gasteiger partial charge is 0.273 e. The van der Waals surface area contributed by atoms with Gasteiger partial charge in [0, 0.05) is 60.9 Å². The van der Waals surface area contributed by atoms with E-state index in [0.717, 1.165) is 37.0 Å². The van der Waals surface area contributed by atoms with Gasteiger partial charge in [-0.15, -0.1) is 0 Å². The summed E-state index contributed by atoms with van der Waals surface area (Å²) in [6.07, 6.45) is 7.40. The summed E-state index contributed by atoms with van der Waals surface area (Å²) in [7, 11) is 0. The molecule has 3 fully saturated rings. The van der Waals surface area contributed by atoms with Crippen LogP contribution in [0.2, 0.25) is 0 Å². The number of anilines is 1. The Morgan fingerprint density at radius 1 is 0.870 bits per heavy atom. The van der Waals surface area contributed by atoms with E-state index < -0.39 is 6.04 Å². The molecule has 4 aromatic rings. The Kier molecular flexibility index (Phi) is 11.4. The minimum Gasteiger partial charge on any atom is -0.361 e. The monoisotopic (exact) mass is 737 g/mol. The number of benzene rings is 1. The Labute approximate surface area is 313 Å². The molecule has 2 saturated carbocycles. The van der Waals surface area contributed by atoms with Gasteiger partial charge in [0.25, 0.3) is 17.7 Å². The number of aromatic nitrogens is 3. The van der Waals surface area contributed by atoms with Gasteiger partial charge in [-0.05, 0) is 101 Å². The first-order valence-corrected chi connectivity index (χ1v) is 18.8. The van der Waals surface area contributed by atoms with Gasteiger partial charge >= 0.3 is 0 Å². The molecule has 0 spiro atoms. The summed E-state index contributed by atoms with van der Waals surface area (Å²) >= 11 is 0. The second kappa shape index (κ2) is 16.7.